The van der Waals surface area contributed by atoms with Gasteiger partial charge in [-0.25, -0.2) is 18.4 Å². The van der Waals surface area contributed by atoms with Gasteiger partial charge in [0.05, 0.1) is 28.0 Å². The molecule has 17 heteroatoms. The minimum Gasteiger partial charge on any atom is -0.432 e. The van der Waals surface area contributed by atoms with Gasteiger partial charge in [0.15, 0.2) is 17.2 Å². The number of ether oxygens (including phenoxy) is 1. The highest BCUT2D eigenvalue weighted by molar-refractivity contribution is 7.90. The number of benzene rings is 3. The molecule has 3 aromatic carbocycles. The standard InChI is InChI=1S/C45H44ClF2N7O6S/c1-24-30(32-6-3-7-35(38(32)46)51-42-39-26(12-15-49-42)18-25(20-50-39)21-54-16-14-28(56)23-54)4-2-5-31(24)44-52-36-19-34-33(40(41(36)60-44)61-45(47)48)10-11-37(34)55-17-13-27(22-55)43(57)53-62(58,59)29-8-9-29/h2-7,12,15,18-20,27-29,37,45,56H,8-11,13-14,16-17,21-23H2,1H3,(H,49,51)(H,53,57)/t27-,28-,37-/m1/s1. The van der Waals surface area contributed by atoms with Crippen molar-refractivity contribution in [1.82, 2.24) is 29.5 Å². The van der Waals surface area contributed by atoms with E-state index in [1.54, 1.807) is 6.20 Å². The van der Waals surface area contributed by atoms with Crippen LogP contribution in [0.25, 0.3) is 44.6 Å². The number of alkyl halides is 2. The molecule has 0 spiro atoms. The molecule has 0 unspecified atom stereocenters. The number of carbonyl (C=O) groups is 1. The van der Waals surface area contributed by atoms with Crippen molar-refractivity contribution in [2.45, 2.75) is 76.0 Å². The largest absolute Gasteiger partial charge is 0.432 e. The Labute approximate surface area is 361 Å². The predicted molar refractivity (Wildman–Crippen MR) is 231 cm³/mol. The first-order valence-electron chi connectivity index (χ1n) is 20.9. The van der Waals surface area contributed by atoms with E-state index in [1.165, 1.54) is 0 Å². The molecular weight excluding hydrogens is 840 g/mol. The number of carbonyl (C=O) groups excluding carboxylic acids is 1. The number of pyridine rings is 2. The second kappa shape index (κ2) is 16.1. The Hall–Kier alpha value is -5.26. The molecule has 3 fully saturated rings. The molecule has 3 N–H and O–H groups in total. The van der Waals surface area contributed by atoms with Crippen LogP contribution >= 0.6 is 11.6 Å². The molecule has 1 saturated carbocycles. The molecule has 4 aliphatic rings. The summed E-state index contributed by atoms with van der Waals surface area (Å²) in [6.07, 6.45) is 6.70. The van der Waals surface area contributed by atoms with Crippen molar-refractivity contribution in [2.75, 3.05) is 31.5 Å². The van der Waals surface area contributed by atoms with Crippen molar-refractivity contribution >= 4 is 61.0 Å². The van der Waals surface area contributed by atoms with Crippen LogP contribution in [0.4, 0.5) is 20.3 Å². The summed E-state index contributed by atoms with van der Waals surface area (Å²) in [7, 11) is -3.66. The number of amides is 1. The number of anilines is 2. The first-order chi connectivity index (χ1) is 29.9. The van der Waals surface area contributed by atoms with Crippen molar-refractivity contribution in [1.29, 1.82) is 0 Å². The van der Waals surface area contributed by atoms with Crippen LogP contribution in [0.15, 0.2) is 71.4 Å². The van der Waals surface area contributed by atoms with Gasteiger partial charge < -0.3 is 19.6 Å². The second-order valence-corrected chi connectivity index (χ2v) is 19.1. The third-order valence-electron chi connectivity index (χ3n) is 12.7. The Morgan fingerprint density at radius 1 is 1.02 bits per heavy atom. The minimum absolute atomic E-state index is 0.0485. The van der Waals surface area contributed by atoms with Gasteiger partial charge in [-0.05, 0) is 105 Å². The van der Waals surface area contributed by atoms with Gasteiger partial charge in [-0.15, -0.1) is 0 Å². The maximum absolute atomic E-state index is 14.0. The fourth-order valence-electron chi connectivity index (χ4n) is 9.39. The number of oxazole rings is 1. The number of β-amino-alcohol motifs (C(OH)–C–C–N with tert-alkyl or cyclic N) is 1. The SMILES string of the molecule is Cc1c(-c2nc3cc4c(c(OC(F)F)c3o2)CC[C@H]4N2CC[C@@H](C(=O)NS(=O)(=O)C3CC3)C2)cccc1-c1cccc(Nc2nccc3cc(CN4CC[C@@H](O)C4)cnc23)c1Cl. The number of nitrogens with one attached hydrogen (secondary N) is 2. The van der Waals surface area contributed by atoms with E-state index in [0.29, 0.717) is 97.0 Å². The molecule has 0 radical (unpaired) electrons. The molecule has 13 nitrogen and oxygen atoms in total. The van der Waals surface area contributed by atoms with Gasteiger partial charge in [-0.1, -0.05) is 35.9 Å². The number of hydrogen-bond donors (Lipinski definition) is 3. The second-order valence-electron chi connectivity index (χ2n) is 16.8. The molecule has 62 heavy (non-hydrogen) atoms. The zero-order chi connectivity index (χ0) is 42.9. The molecular formula is C45H44ClF2N7O6S. The van der Waals surface area contributed by atoms with Crippen molar-refractivity contribution < 1.29 is 36.3 Å². The van der Waals surface area contributed by atoms with Gasteiger partial charge in [0.1, 0.15) is 11.0 Å². The summed E-state index contributed by atoms with van der Waals surface area (Å²) in [6, 6.07) is 17.0. The Balaban J connectivity index is 0.924. The number of aliphatic hydroxyl groups is 1. The summed E-state index contributed by atoms with van der Waals surface area (Å²) in [4.78, 5) is 31.5. The average molecular weight is 884 g/mol. The van der Waals surface area contributed by atoms with Crippen molar-refractivity contribution in [3.63, 3.8) is 0 Å². The van der Waals surface area contributed by atoms with E-state index in [2.05, 4.69) is 30.9 Å². The van der Waals surface area contributed by atoms with E-state index in [4.69, 9.17) is 30.7 Å². The highest BCUT2D eigenvalue weighted by Crippen LogP contribution is 2.48. The van der Waals surface area contributed by atoms with Crippen LogP contribution in [0.3, 0.4) is 0 Å². The summed E-state index contributed by atoms with van der Waals surface area (Å²) in [6.45, 7) is 1.91. The molecule has 0 bridgehead atoms. The van der Waals surface area contributed by atoms with Crippen molar-refractivity contribution in [3.8, 4) is 28.3 Å². The molecule has 1 amide bonds. The fourth-order valence-corrected chi connectivity index (χ4v) is 11.0. The van der Waals surface area contributed by atoms with E-state index in [-0.39, 0.29) is 29.4 Å². The maximum Gasteiger partial charge on any atom is 0.387 e. The van der Waals surface area contributed by atoms with Gasteiger partial charge in [0.25, 0.3) is 0 Å². The highest BCUT2D eigenvalue weighted by atomic mass is 35.5. The summed E-state index contributed by atoms with van der Waals surface area (Å²) < 4.78 is 66.8. The first kappa shape index (κ1) is 40.8. The number of halogens is 3. The monoisotopic (exact) mass is 883 g/mol. The van der Waals surface area contributed by atoms with Crippen LogP contribution in [-0.4, -0.2) is 88.3 Å². The summed E-state index contributed by atoms with van der Waals surface area (Å²) in [5.41, 5.74) is 7.21. The predicted octanol–water partition coefficient (Wildman–Crippen LogP) is 7.90. The molecule has 2 aliphatic carbocycles. The molecule has 3 aromatic heterocycles. The third kappa shape index (κ3) is 7.76. The van der Waals surface area contributed by atoms with Crippen LogP contribution in [0.5, 0.6) is 5.75 Å². The molecule has 2 aliphatic heterocycles. The van der Waals surface area contributed by atoms with E-state index in [1.807, 2.05) is 61.7 Å². The summed E-state index contributed by atoms with van der Waals surface area (Å²) in [5, 5.41) is 14.2. The Bertz CT molecular complexity index is 2860. The lowest BCUT2D eigenvalue weighted by Gasteiger charge is -2.25. The average Bonchev–Trinajstić information content (AvgIpc) is 3.51. The van der Waals surface area contributed by atoms with Crippen LogP contribution in [0.1, 0.15) is 60.4 Å². The number of hydrogen-bond acceptors (Lipinski definition) is 12. The highest BCUT2D eigenvalue weighted by Gasteiger charge is 2.42. The molecule has 10 rings (SSSR count). The lowest BCUT2D eigenvalue weighted by Crippen LogP contribution is -2.38. The zero-order valence-electron chi connectivity index (χ0n) is 33.8. The van der Waals surface area contributed by atoms with E-state index < -0.39 is 33.7 Å². The smallest absolute Gasteiger partial charge is 0.387 e. The summed E-state index contributed by atoms with van der Waals surface area (Å²) in [5.74, 6) is -0.276. The van der Waals surface area contributed by atoms with Crippen LogP contribution in [0.2, 0.25) is 5.02 Å². The Kier molecular flexibility index (Phi) is 10.6. The number of nitrogens with zero attached hydrogens (tertiary/aromatic N) is 5. The van der Waals surface area contributed by atoms with Gasteiger partial charge in [0, 0.05) is 66.7 Å². The number of rotatable bonds is 12. The Morgan fingerprint density at radius 3 is 2.61 bits per heavy atom. The molecule has 6 aromatic rings. The van der Waals surface area contributed by atoms with Crippen molar-refractivity contribution in [3.05, 3.63) is 94.3 Å². The number of fused-ring (bicyclic) bond motifs is 3. The minimum atomic E-state index is -3.66. The fraction of sp³-hybridized carbons (Fsp3) is 0.378. The Morgan fingerprint density at radius 2 is 1.82 bits per heavy atom. The number of aliphatic hydroxyl groups excluding tert-OH is 1. The van der Waals surface area contributed by atoms with Crippen LogP contribution in [0, 0.1) is 12.8 Å². The van der Waals surface area contributed by atoms with Gasteiger partial charge in [-0.2, -0.15) is 8.78 Å². The number of sulfonamides is 1. The van der Waals surface area contributed by atoms with Crippen LogP contribution < -0.4 is 14.8 Å². The molecule has 322 valence electrons. The van der Waals surface area contributed by atoms with E-state index in [0.717, 1.165) is 46.2 Å². The maximum atomic E-state index is 14.0. The molecule has 5 heterocycles. The van der Waals surface area contributed by atoms with Gasteiger partial charge in [0.2, 0.25) is 21.8 Å². The molecule has 3 atom stereocenters. The van der Waals surface area contributed by atoms with Crippen LogP contribution in [-0.2, 0) is 27.8 Å². The van der Waals surface area contributed by atoms with E-state index in [9.17, 15) is 27.1 Å². The zero-order valence-corrected chi connectivity index (χ0v) is 35.4. The van der Waals surface area contributed by atoms with Gasteiger partial charge in [-0.3, -0.25) is 24.3 Å². The lowest BCUT2D eigenvalue weighted by molar-refractivity contribution is -0.122. The number of likely N-dealkylation sites (tertiary alicyclic amines) is 2. The topological polar surface area (TPSA) is 163 Å². The van der Waals surface area contributed by atoms with Crippen molar-refractivity contribution in [2.24, 2.45) is 5.92 Å². The normalized spacial score (nSPS) is 20.7. The van der Waals surface area contributed by atoms with Gasteiger partial charge >= 0.3 is 6.61 Å². The lowest BCUT2D eigenvalue weighted by atomic mass is 9.96. The first-order valence-corrected chi connectivity index (χ1v) is 22.8. The quantitative estimate of drug-likeness (QED) is 0.109. The van der Waals surface area contributed by atoms with E-state index >= 15 is 0 Å². The third-order valence-corrected chi connectivity index (χ3v) is 14.9. The molecule has 2 saturated heterocycles. The summed E-state index contributed by atoms with van der Waals surface area (Å²) >= 11 is 7.16. The number of aromatic nitrogens is 3.